The summed E-state index contributed by atoms with van der Waals surface area (Å²) in [6, 6.07) is 9.39. The van der Waals surface area contributed by atoms with Crippen LogP contribution in [0.4, 0.5) is 5.95 Å². The van der Waals surface area contributed by atoms with Crippen LogP contribution in [0.3, 0.4) is 0 Å². The number of carbonyl (C=O) groups excluding carboxylic acids is 1. The maximum absolute atomic E-state index is 12.3. The number of nitrogens with two attached hydrogens (primary N) is 1. The highest BCUT2D eigenvalue weighted by molar-refractivity contribution is 5.77. The van der Waals surface area contributed by atoms with Gasteiger partial charge < -0.3 is 10.6 Å². The molecule has 0 fully saturated rings. The summed E-state index contributed by atoms with van der Waals surface area (Å²) < 4.78 is 0. The smallest absolute Gasteiger partial charge is 0.223 e. The quantitative estimate of drug-likeness (QED) is 0.923. The molecule has 22 heavy (non-hydrogen) atoms. The van der Waals surface area contributed by atoms with Gasteiger partial charge in [0.05, 0.1) is 23.9 Å². The van der Waals surface area contributed by atoms with Crippen molar-refractivity contribution >= 4 is 11.9 Å². The van der Waals surface area contributed by atoms with Crippen molar-refractivity contribution in [2.45, 2.75) is 25.9 Å². The fourth-order valence-corrected chi connectivity index (χ4v) is 2.50. The second-order valence-corrected chi connectivity index (χ2v) is 5.26. The molecule has 0 saturated carbocycles. The molecule has 1 amide bonds. The van der Waals surface area contributed by atoms with Crippen LogP contribution in [-0.2, 0) is 24.3 Å². The van der Waals surface area contributed by atoms with Gasteiger partial charge in [-0.3, -0.25) is 4.79 Å². The van der Waals surface area contributed by atoms with Crippen molar-refractivity contribution in [1.82, 2.24) is 14.9 Å². The number of amides is 1. The van der Waals surface area contributed by atoms with E-state index >= 15 is 0 Å². The van der Waals surface area contributed by atoms with Gasteiger partial charge in [0.15, 0.2) is 0 Å². The van der Waals surface area contributed by atoms with E-state index in [4.69, 9.17) is 11.0 Å². The minimum Gasteiger partial charge on any atom is -0.368 e. The normalized spacial score (nSPS) is 12.8. The molecule has 2 aromatic rings. The second kappa shape index (κ2) is 5.82. The zero-order valence-corrected chi connectivity index (χ0v) is 12.0. The number of nitrogens with zero attached hydrogens (tertiary/aromatic N) is 4. The van der Waals surface area contributed by atoms with E-state index in [0.29, 0.717) is 31.5 Å². The molecule has 1 aromatic heterocycles. The van der Waals surface area contributed by atoms with Crippen LogP contribution in [0.5, 0.6) is 0 Å². The summed E-state index contributed by atoms with van der Waals surface area (Å²) in [5.74, 6) is 0.326. The van der Waals surface area contributed by atoms with Crippen molar-refractivity contribution in [2.75, 3.05) is 5.73 Å². The van der Waals surface area contributed by atoms with Crippen LogP contribution in [0.1, 0.15) is 28.8 Å². The van der Waals surface area contributed by atoms with Crippen LogP contribution in [0.25, 0.3) is 0 Å². The minimum absolute atomic E-state index is 0.0842. The molecule has 6 heteroatoms. The van der Waals surface area contributed by atoms with Crippen LogP contribution < -0.4 is 5.73 Å². The van der Waals surface area contributed by atoms with Gasteiger partial charge in [0, 0.05) is 24.7 Å². The summed E-state index contributed by atoms with van der Waals surface area (Å²) >= 11 is 0. The topological polar surface area (TPSA) is 95.9 Å². The number of nitriles is 1. The molecule has 0 unspecified atom stereocenters. The predicted molar refractivity (Wildman–Crippen MR) is 80.2 cm³/mol. The van der Waals surface area contributed by atoms with E-state index in [1.54, 1.807) is 23.2 Å². The van der Waals surface area contributed by atoms with Crippen LogP contribution in [0.15, 0.2) is 30.5 Å². The molecule has 3 rings (SSSR count). The van der Waals surface area contributed by atoms with Gasteiger partial charge in [-0.1, -0.05) is 12.1 Å². The first kappa shape index (κ1) is 14.0. The summed E-state index contributed by atoms with van der Waals surface area (Å²) in [5, 5.41) is 8.76. The van der Waals surface area contributed by atoms with Gasteiger partial charge in [-0.05, 0) is 24.1 Å². The Morgan fingerprint density at radius 1 is 1.32 bits per heavy atom. The summed E-state index contributed by atoms with van der Waals surface area (Å²) in [5.41, 5.74) is 9.03. The van der Waals surface area contributed by atoms with Crippen molar-refractivity contribution in [2.24, 2.45) is 0 Å². The summed E-state index contributed by atoms with van der Waals surface area (Å²) in [6.07, 6.45) is 2.78. The van der Waals surface area contributed by atoms with E-state index in [2.05, 4.69) is 16.0 Å². The highest BCUT2D eigenvalue weighted by atomic mass is 16.2. The van der Waals surface area contributed by atoms with Crippen molar-refractivity contribution in [3.63, 3.8) is 0 Å². The van der Waals surface area contributed by atoms with Gasteiger partial charge in [-0.2, -0.15) is 5.26 Å². The number of nitrogen functional groups attached to an aromatic ring is 1. The first-order valence-electron chi connectivity index (χ1n) is 7.03. The Balaban J connectivity index is 1.58. The lowest BCUT2D eigenvalue weighted by atomic mass is 10.1. The molecule has 2 heterocycles. The van der Waals surface area contributed by atoms with Crippen LogP contribution in [-0.4, -0.2) is 20.8 Å². The number of hydrogen-bond acceptors (Lipinski definition) is 5. The average Bonchev–Trinajstić information content (AvgIpc) is 2.96. The minimum atomic E-state index is 0.0842. The summed E-state index contributed by atoms with van der Waals surface area (Å²) in [6.45, 7) is 1.04. The molecule has 0 spiro atoms. The molecular formula is C16H15N5O. The van der Waals surface area contributed by atoms with Gasteiger partial charge in [-0.15, -0.1) is 0 Å². The number of carbonyl (C=O) groups is 1. The monoisotopic (exact) mass is 293 g/mol. The lowest BCUT2D eigenvalue weighted by Crippen LogP contribution is -2.25. The standard InChI is InChI=1S/C16H15N5O/c17-7-12-3-1-11(2-4-12)5-6-15(22)21-9-13-8-19-16(18)20-14(13)10-21/h1-4,8H,5-6,9-10H2,(H2,18,19,20). The second-order valence-electron chi connectivity index (χ2n) is 5.26. The first-order chi connectivity index (χ1) is 10.7. The molecule has 0 aliphatic carbocycles. The van der Waals surface area contributed by atoms with E-state index in [1.807, 2.05) is 12.1 Å². The van der Waals surface area contributed by atoms with E-state index in [1.165, 1.54) is 0 Å². The lowest BCUT2D eigenvalue weighted by Gasteiger charge is -2.14. The molecule has 6 nitrogen and oxygen atoms in total. The molecule has 1 aromatic carbocycles. The molecule has 1 aliphatic rings. The molecule has 0 saturated heterocycles. The van der Waals surface area contributed by atoms with E-state index in [0.717, 1.165) is 16.8 Å². The molecular weight excluding hydrogens is 278 g/mol. The zero-order chi connectivity index (χ0) is 15.5. The number of aryl methyl sites for hydroxylation is 1. The van der Waals surface area contributed by atoms with Crippen LogP contribution >= 0.6 is 0 Å². The van der Waals surface area contributed by atoms with Gasteiger partial charge >= 0.3 is 0 Å². The highest BCUT2D eigenvalue weighted by Gasteiger charge is 2.24. The van der Waals surface area contributed by atoms with Crippen LogP contribution in [0, 0.1) is 11.3 Å². The Kier molecular flexibility index (Phi) is 3.71. The Hall–Kier alpha value is -2.94. The molecule has 0 bridgehead atoms. The van der Waals surface area contributed by atoms with E-state index in [9.17, 15) is 4.79 Å². The number of anilines is 1. The van der Waals surface area contributed by atoms with Gasteiger partial charge in [-0.25, -0.2) is 9.97 Å². The maximum atomic E-state index is 12.3. The molecule has 1 aliphatic heterocycles. The largest absolute Gasteiger partial charge is 0.368 e. The SMILES string of the molecule is N#Cc1ccc(CCC(=O)N2Cc3cnc(N)nc3C2)cc1. The number of rotatable bonds is 3. The fourth-order valence-electron chi connectivity index (χ4n) is 2.50. The number of fused-ring (bicyclic) bond motifs is 1. The van der Waals surface area contributed by atoms with Crippen molar-refractivity contribution < 1.29 is 4.79 Å². The molecule has 0 radical (unpaired) electrons. The van der Waals surface area contributed by atoms with Gasteiger partial charge in [0.25, 0.3) is 0 Å². The van der Waals surface area contributed by atoms with Crippen molar-refractivity contribution in [3.05, 3.63) is 52.8 Å². The first-order valence-corrected chi connectivity index (χ1v) is 7.03. The van der Waals surface area contributed by atoms with Gasteiger partial charge in [0.1, 0.15) is 0 Å². The molecule has 0 atom stereocenters. The Morgan fingerprint density at radius 2 is 2.09 bits per heavy atom. The third-order valence-electron chi connectivity index (χ3n) is 3.74. The van der Waals surface area contributed by atoms with Gasteiger partial charge in [0.2, 0.25) is 11.9 Å². The van der Waals surface area contributed by atoms with E-state index < -0.39 is 0 Å². The van der Waals surface area contributed by atoms with Crippen molar-refractivity contribution in [1.29, 1.82) is 5.26 Å². The fraction of sp³-hybridized carbons (Fsp3) is 0.250. The Morgan fingerprint density at radius 3 is 2.82 bits per heavy atom. The number of hydrogen-bond donors (Lipinski definition) is 1. The maximum Gasteiger partial charge on any atom is 0.223 e. The third kappa shape index (κ3) is 2.88. The Bertz CT molecular complexity index is 748. The van der Waals surface area contributed by atoms with Crippen LogP contribution in [0.2, 0.25) is 0 Å². The molecule has 110 valence electrons. The zero-order valence-electron chi connectivity index (χ0n) is 12.0. The van der Waals surface area contributed by atoms with Crippen molar-refractivity contribution in [3.8, 4) is 6.07 Å². The summed E-state index contributed by atoms with van der Waals surface area (Å²) in [4.78, 5) is 22.2. The average molecular weight is 293 g/mol. The number of aromatic nitrogens is 2. The third-order valence-corrected chi connectivity index (χ3v) is 3.74. The molecule has 2 N–H and O–H groups in total. The highest BCUT2D eigenvalue weighted by Crippen LogP contribution is 2.21. The number of benzene rings is 1. The lowest BCUT2D eigenvalue weighted by molar-refractivity contribution is -0.131. The summed E-state index contributed by atoms with van der Waals surface area (Å²) in [7, 11) is 0. The predicted octanol–water partition coefficient (Wildman–Crippen LogP) is 1.41. The van der Waals surface area contributed by atoms with E-state index in [-0.39, 0.29) is 11.9 Å². The Labute approximate surface area is 128 Å².